The summed E-state index contributed by atoms with van der Waals surface area (Å²) in [6, 6.07) is 52.3. The molecule has 0 aromatic heterocycles. The Morgan fingerprint density at radius 2 is 1.07 bits per heavy atom. The van der Waals surface area contributed by atoms with Gasteiger partial charge in [0, 0.05) is 22.5 Å². The van der Waals surface area contributed by atoms with Crippen molar-refractivity contribution in [2.75, 3.05) is 4.90 Å². The molecular weight excluding hydrogens is 542 g/mol. The number of anilines is 3. The largest absolute Gasteiger partial charge is 0.310 e. The van der Waals surface area contributed by atoms with Gasteiger partial charge in [0.15, 0.2) is 0 Å². The van der Waals surface area contributed by atoms with E-state index in [1.165, 1.54) is 82.2 Å². The van der Waals surface area contributed by atoms with Gasteiger partial charge in [-0.25, -0.2) is 0 Å². The average molecular weight is 580 g/mol. The molecule has 45 heavy (non-hydrogen) atoms. The molecule has 0 saturated heterocycles. The van der Waals surface area contributed by atoms with Gasteiger partial charge in [-0.1, -0.05) is 97.1 Å². The molecule has 5 aliphatic carbocycles. The Labute approximate surface area is 266 Å². The SMILES string of the molecule is c1ccc(N(c2cccc(-c3ccc4ccccc4c3)c2)c2ccc3c(c2)-c2ccccc2C32C3CC4CC(C3)CC2C4)cc1. The lowest BCUT2D eigenvalue weighted by atomic mass is 9.43. The standard InChI is InChI=1S/C44H37N/c1-2-12-37(13-3-1)45(38-14-8-11-33(27-38)34-18-17-31-9-4-5-10-32(31)26-34)39-19-20-43-41(28-39)40-15-6-7-16-42(40)44(43)35-22-29-21-30(24-35)25-36(44)23-29/h1-20,26-30,35-36H,21-25H2. The second kappa shape index (κ2) is 9.69. The first kappa shape index (κ1) is 25.7. The second-order valence-corrected chi connectivity index (χ2v) is 14.2. The number of hydrogen-bond acceptors (Lipinski definition) is 1. The van der Waals surface area contributed by atoms with Crippen LogP contribution in [0.25, 0.3) is 33.0 Å². The molecule has 1 nitrogen and oxygen atoms in total. The van der Waals surface area contributed by atoms with Crippen LogP contribution in [0.15, 0.2) is 140 Å². The highest BCUT2D eigenvalue weighted by Gasteiger charge is 2.61. The third kappa shape index (κ3) is 3.73. The van der Waals surface area contributed by atoms with E-state index in [1.54, 1.807) is 11.1 Å². The fraction of sp³-hybridized carbons (Fsp3) is 0.227. The molecule has 0 radical (unpaired) electrons. The quantitative estimate of drug-likeness (QED) is 0.201. The van der Waals surface area contributed by atoms with Gasteiger partial charge in [-0.3, -0.25) is 0 Å². The lowest BCUT2D eigenvalue weighted by Gasteiger charge is -2.61. The molecule has 11 rings (SSSR count). The van der Waals surface area contributed by atoms with Crippen LogP contribution < -0.4 is 4.90 Å². The molecular formula is C44H37N. The van der Waals surface area contributed by atoms with E-state index >= 15 is 0 Å². The van der Waals surface area contributed by atoms with Crippen molar-refractivity contribution in [1.82, 2.24) is 0 Å². The molecule has 4 fully saturated rings. The van der Waals surface area contributed by atoms with Crippen LogP contribution in [-0.2, 0) is 5.41 Å². The van der Waals surface area contributed by atoms with Crippen molar-refractivity contribution in [1.29, 1.82) is 0 Å². The Morgan fingerprint density at radius 1 is 0.422 bits per heavy atom. The predicted octanol–water partition coefficient (Wildman–Crippen LogP) is 11.7. The summed E-state index contributed by atoms with van der Waals surface area (Å²) in [5.41, 5.74) is 12.4. The van der Waals surface area contributed by atoms with Gasteiger partial charge in [0.25, 0.3) is 0 Å². The number of fused-ring (bicyclic) bond motifs is 4. The zero-order valence-corrected chi connectivity index (χ0v) is 25.6. The zero-order valence-electron chi connectivity index (χ0n) is 25.6. The normalized spacial score (nSPS) is 25.4. The summed E-state index contributed by atoms with van der Waals surface area (Å²) in [5, 5.41) is 2.55. The molecule has 4 saturated carbocycles. The summed E-state index contributed by atoms with van der Waals surface area (Å²) in [5.74, 6) is 3.48. The fourth-order valence-corrected chi connectivity index (χ4v) is 10.5. The maximum atomic E-state index is 2.54. The molecule has 0 aliphatic heterocycles. The number of rotatable bonds is 4. The maximum Gasteiger partial charge on any atom is 0.0468 e. The van der Waals surface area contributed by atoms with Crippen LogP contribution in [0.4, 0.5) is 17.1 Å². The monoisotopic (exact) mass is 579 g/mol. The molecule has 218 valence electrons. The fourth-order valence-electron chi connectivity index (χ4n) is 10.5. The summed E-state index contributed by atoms with van der Waals surface area (Å²) in [6.07, 6.45) is 7.15. The molecule has 6 aromatic rings. The highest BCUT2D eigenvalue weighted by Crippen LogP contribution is 2.69. The molecule has 0 heterocycles. The van der Waals surface area contributed by atoms with E-state index in [1.807, 2.05) is 0 Å². The van der Waals surface area contributed by atoms with Gasteiger partial charge in [0.2, 0.25) is 0 Å². The van der Waals surface area contributed by atoms with E-state index in [-0.39, 0.29) is 5.41 Å². The summed E-state index contributed by atoms with van der Waals surface area (Å²) in [7, 11) is 0. The molecule has 5 aliphatic rings. The Morgan fingerprint density at radius 3 is 1.89 bits per heavy atom. The van der Waals surface area contributed by atoms with E-state index in [9.17, 15) is 0 Å². The predicted molar refractivity (Wildman–Crippen MR) is 187 cm³/mol. The molecule has 0 unspecified atom stereocenters. The summed E-state index contributed by atoms with van der Waals surface area (Å²) in [6.45, 7) is 0. The van der Waals surface area contributed by atoms with Crippen molar-refractivity contribution < 1.29 is 0 Å². The molecule has 0 amide bonds. The minimum atomic E-state index is 0.200. The Hall–Kier alpha value is -4.62. The van der Waals surface area contributed by atoms with Crippen LogP contribution >= 0.6 is 0 Å². The van der Waals surface area contributed by atoms with Crippen LogP contribution in [0.1, 0.15) is 43.2 Å². The van der Waals surface area contributed by atoms with Crippen molar-refractivity contribution in [2.24, 2.45) is 23.7 Å². The van der Waals surface area contributed by atoms with Gasteiger partial charge < -0.3 is 4.90 Å². The lowest BCUT2D eigenvalue weighted by molar-refractivity contribution is -0.0399. The topological polar surface area (TPSA) is 3.24 Å². The van der Waals surface area contributed by atoms with Crippen LogP contribution in [0, 0.1) is 23.7 Å². The smallest absolute Gasteiger partial charge is 0.0468 e. The lowest BCUT2D eigenvalue weighted by Crippen LogP contribution is -2.55. The first-order valence-electron chi connectivity index (χ1n) is 16.9. The third-order valence-electron chi connectivity index (χ3n) is 12.0. The zero-order chi connectivity index (χ0) is 29.5. The molecule has 1 heteroatoms. The first-order valence-corrected chi connectivity index (χ1v) is 16.9. The first-order chi connectivity index (χ1) is 22.3. The van der Waals surface area contributed by atoms with E-state index < -0.39 is 0 Å². The van der Waals surface area contributed by atoms with Crippen molar-refractivity contribution in [3.63, 3.8) is 0 Å². The van der Waals surface area contributed by atoms with Gasteiger partial charge in [-0.2, -0.15) is 0 Å². The average Bonchev–Trinajstić information content (AvgIpc) is 3.38. The van der Waals surface area contributed by atoms with Crippen LogP contribution in [0.2, 0.25) is 0 Å². The minimum absolute atomic E-state index is 0.200. The number of nitrogens with zero attached hydrogens (tertiary/aromatic N) is 1. The van der Waals surface area contributed by atoms with Crippen LogP contribution in [0.3, 0.4) is 0 Å². The molecule has 6 aromatic carbocycles. The highest BCUT2D eigenvalue weighted by molar-refractivity contribution is 5.90. The number of hydrogen-bond donors (Lipinski definition) is 0. The Kier molecular flexibility index (Phi) is 5.53. The van der Waals surface area contributed by atoms with E-state index in [2.05, 4.69) is 144 Å². The van der Waals surface area contributed by atoms with Crippen molar-refractivity contribution in [2.45, 2.75) is 37.5 Å². The van der Waals surface area contributed by atoms with Gasteiger partial charge in [0.1, 0.15) is 0 Å². The molecule has 1 spiro atoms. The van der Waals surface area contributed by atoms with Crippen molar-refractivity contribution >= 4 is 27.8 Å². The summed E-state index contributed by atoms with van der Waals surface area (Å²) >= 11 is 0. The third-order valence-corrected chi connectivity index (χ3v) is 12.0. The Bertz CT molecular complexity index is 2060. The van der Waals surface area contributed by atoms with E-state index in [4.69, 9.17) is 0 Å². The minimum Gasteiger partial charge on any atom is -0.310 e. The molecule has 0 atom stereocenters. The van der Waals surface area contributed by atoms with Gasteiger partial charge in [-0.05, 0) is 142 Å². The van der Waals surface area contributed by atoms with Crippen molar-refractivity contribution in [3.05, 3.63) is 151 Å². The van der Waals surface area contributed by atoms with Crippen LogP contribution in [0.5, 0.6) is 0 Å². The number of benzene rings is 6. The summed E-state index contributed by atoms with van der Waals surface area (Å²) < 4.78 is 0. The molecule has 4 bridgehead atoms. The van der Waals surface area contributed by atoms with E-state index in [0.717, 1.165) is 23.7 Å². The Balaban J connectivity index is 1.13. The molecule has 0 N–H and O–H groups in total. The van der Waals surface area contributed by atoms with Crippen molar-refractivity contribution in [3.8, 4) is 22.3 Å². The van der Waals surface area contributed by atoms with Gasteiger partial charge >= 0.3 is 0 Å². The van der Waals surface area contributed by atoms with Gasteiger partial charge in [0.05, 0.1) is 0 Å². The van der Waals surface area contributed by atoms with E-state index in [0.29, 0.717) is 0 Å². The maximum absolute atomic E-state index is 2.54. The van der Waals surface area contributed by atoms with Crippen LogP contribution in [-0.4, -0.2) is 0 Å². The highest BCUT2D eigenvalue weighted by atomic mass is 15.1. The van der Waals surface area contributed by atoms with Gasteiger partial charge in [-0.15, -0.1) is 0 Å². The summed E-state index contributed by atoms with van der Waals surface area (Å²) in [4.78, 5) is 2.45. The number of para-hydroxylation sites is 1. The second-order valence-electron chi connectivity index (χ2n) is 14.2.